The molecule has 0 radical (unpaired) electrons. The van der Waals surface area contributed by atoms with Crippen LogP contribution in [0.2, 0.25) is 0 Å². The van der Waals surface area contributed by atoms with Crippen LogP contribution in [0.1, 0.15) is 41.0 Å². The summed E-state index contributed by atoms with van der Waals surface area (Å²) in [6.07, 6.45) is 0.140. The minimum absolute atomic E-state index is 0.136. The summed E-state index contributed by atoms with van der Waals surface area (Å²) < 4.78 is 19.2. The second kappa shape index (κ2) is 8.98. The predicted octanol–water partition coefficient (Wildman–Crippen LogP) is 5.27. The Bertz CT molecular complexity index is 998. The molecule has 4 rings (SSSR count). The van der Waals surface area contributed by atoms with Gasteiger partial charge >= 0.3 is 0 Å². The van der Waals surface area contributed by atoms with Gasteiger partial charge in [-0.05, 0) is 65.8 Å². The number of benzene rings is 2. The maximum atomic E-state index is 13.2. The average molecular weight is 427 g/mol. The fraction of sp³-hybridized carbons (Fsp3) is 0.360. The number of rotatable bonds is 5. The van der Waals surface area contributed by atoms with Crippen LogP contribution in [0.25, 0.3) is 10.4 Å². The Labute approximate surface area is 180 Å². The number of aliphatic hydroxyl groups is 2. The van der Waals surface area contributed by atoms with Crippen molar-refractivity contribution in [2.24, 2.45) is 5.92 Å². The van der Waals surface area contributed by atoms with E-state index in [1.165, 1.54) is 28.1 Å². The molecule has 1 aliphatic rings. The van der Waals surface area contributed by atoms with Crippen LogP contribution >= 0.6 is 11.3 Å². The van der Waals surface area contributed by atoms with E-state index in [1.807, 2.05) is 12.1 Å². The highest BCUT2D eigenvalue weighted by atomic mass is 32.1. The number of aryl methyl sites for hydroxylation is 1. The Hall–Kier alpha value is -2.05. The molecule has 3 aromatic rings. The van der Waals surface area contributed by atoms with Crippen LogP contribution in [-0.4, -0.2) is 29.0 Å². The van der Waals surface area contributed by atoms with Gasteiger partial charge in [0.05, 0.1) is 18.8 Å². The molecule has 0 spiro atoms. The normalized spacial score (nSPS) is 24.2. The first-order valence-corrected chi connectivity index (χ1v) is 11.1. The van der Waals surface area contributed by atoms with Crippen LogP contribution in [0, 0.1) is 18.7 Å². The molecule has 5 heteroatoms. The summed E-state index contributed by atoms with van der Waals surface area (Å²) in [7, 11) is 0. The third-order valence-electron chi connectivity index (χ3n) is 5.92. The summed E-state index contributed by atoms with van der Waals surface area (Å²) in [6, 6.07) is 17.2. The van der Waals surface area contributed by atoms with Crippen molar-refractivity contribution in [3.63, 3.8) is 0 Å². The van der Waals surface area contributed by atoms with Crippen molar-refractivity contribution >= 4 is 11.3 Å². The van der Waals surface area contributed by atoms with Crippen LogP contribution < -0.4 is 0 Å². The molecule has 1 fully saturated rings. The molecule has 0 amide bonds. The van der Waals surface area contributed by atoms with Gasteiger partial charge in [0.15, 0.2) is 0 Å². The molecule has 3 nitrogen and oxygen atoms in total. The summed E-state index contributed by atoms with van der Waals surface area (Å²) in [5.74, 6) is -0.0525. The van der Waals surface area contributed by atoms with Gasteiger partial charge in [0.1, 0.15) is 11.9 Å². The van der Waals surface area contributed by atoms with Gasteiger partial charge in [-0.3, -0.25) is 0 Å². The molecule has 1 aliphatic heterocycles. The first kappa shape index (κ1) is 21.2. The summed E-state index contributed by atoms with van der Waals surface area (Å²) in [6.45, 7) is 4.01. The fourth-order valence-electron chi connectivity index (χ4n) is 4.13. The Kier molecular flexibility index (Phi) is 6.34. The van der Waals surface area contributed by atoms with E-state index in [4.69, 9.17) is 4.74 Å². The number of halogens is 1. The minimum atomic E-state index is -0.623. The van der Waals surface area contributed by atoms with Gasteiger partial charge in [0.25, 0.3) is 0 Å². The molecule has 4 unspecified atom stereocenters. The van der Waals surface area contributed by atoms with Crippen molar-refractivity contribution in [2.75, 3.05) is 6.61 Å². The number of hydrogen-bond acceptors (Lipinski definition) is 4. The van der Waals surface area contributed by atoms with Crippen LogP contribution in [0.3, 0.4) is 0 Å². The molecule has 158 valence electrons. The Morgan fingerprint density at radius 1 is 1.10 bits per heavy atom. The van der Waals surface area contributed by atoms with Crippen molar-refractivity contribution in [2.45, 2.75) is 45.0 Å². The van der Waals surface area contributed by atoms with E-state index in [-0.39, 0.29) is 24.4 Å². The van der Waals surface area contributed by atoms with Crippen LogP contribution in [0.15, 0.2) is 54.6 Å². The maximum absolute atomic E-state index is 13.2. The largest absolute Gasteiger partial charge is 0.394 e. The van der Waals surface area contributed by atoms with E-state index >= 15 is 0 Å². The summed E-state index contributed by atoms with van der Waals surface area (Å²) in [5.41, 5.74) is 4.57. The highest BCUT2D eigenvalue weighted by Crippen LogP contribution is 2.37. The molecule has 0 aliphatic carbocycles. The Balaban J connectivity index is 1.55. The van der Waals surface area contributed by atoms with Crippen LogP contribution in [0.5, 0.6) is 0 Å². The van der Waals surface area contributed by atoms with Gasteiger partial charge in [-0.1, -0.05) is 37.3 Å². The number of aliphatic hydroxyl groups excluding tert-OH is 2. The molecule has 2 heterocycles. The molecule has 2 N–H and O–H groups in total. The van der Waals surface area contributed by atoms with Gasteiger partial charge in [-0.15, -0.1) is 11.3 Å². The third kappa shape index (κ3) is 4.49. The second-order valence-corrected chi connectivity index (χ2v) is 9.36. The molecule has 2 aromatic carbocycles. The highest BCUT2D eigenvalue weighted by molar-refractivity contribution is 7.15. The fourth-order valence-corrected chi connectivity index (χ4v) is 5.17. The van der Waals surface area contributed by atoms with Gasteiger partial charge in [-0.2, -0.15) is 0 Å². The molecule has 0 saturated carbocycles. The molecule has 1 aromatic heterocycles. The zero-order valence-electron chi connectivity index (χ0n) is 17.2. The van der Waals surface area contributed by atoms with Crippen molar-refractivity contribution < 1.29 is 19.3 Å². The van der Waals surface area contributed by atoms with Gasteiger partial charge in [0.2, 0.25) is 0 Å². The number of hydrogen-bond donors (Lipinski definition) is 2. The second-order valence-electron chi connectivity index (χ2n) is 8.19. The maximum Gasteiger partial charge on any atom is 0.123 e. The average Bonchev–Trinajstić information content (AvgIpc) is 3.19. The lowest BCUT2D eigenvalue weighted by atomic mass is 9.86. The number of ether oxygens (including phenoxy) is 1. The zero-order chi connectivity index (χ0) is 21.3. The Morgan fingerprint density at radius 3 is 2.60 bits per heavy atom. The summed E-state index contributed by atoms with van der Waals surface area (Å²) in [5, 5.41) is 19.6. The molecular weight excluding hydrogens is 399 g/mol. The van der Waals surface area contributed by atoms with E-state index in [1.54, 1.807) is 11.3 Å². The smallest absolute Gasteiger partial charge is 0.123 e. The lowest BCUT2D eigenvalue weighted by Gasteiger charge is -2.38. The Morgan fingerprint density at radius 2 is 1.87 bits per heavy atom. The molecule has 0 bridgehead atoms. The standard InChI is InChI=1S/C25H27FO3S/c1-15-3-4-18(25-16(2)11-22(28)23(14-27)29-25)12-19(15)13-21-9-10-24(30-21)17-5-7-20(26)8-6-17/h3-10,12,16,22-23,25,27-28H,11,13-14H2,1-2H3. The van der Waals surface area contributed by atoms with Gasteiger partial charge < -0.3 is 14.9 Å². The first-order chi connectivity index (χ1) is 14.4. The minimum Gasteiger partial charge on any atom is -0.394 e. The van der Waals surface area contributed by atoms with Crippen LogP contribution in [0.4, 0.5) is 4.39 Å². The van der Waals surface area contributed by atoms with E-state index < -0.39 is 12.2 Å². The van der Waals surface area contributed by atoms with Crippen LogP contribution in [-0.2, 0) is 11.2 Å². The van der Waals surface area contributed by atoms with Gasteiger partial charge in [0, 0.05) is 16.2 Å². The molecular formula is C25H27FO3S. The predicted molar refractivity (Wildman–Crippen MR) is 118 cm³/mol. The van der Waals surface area contributed by atoms with E-state index in [0.717, 1.165) is 22.4 Å². The lowest BCUT2D eigenvalue weighted by Crippen LogP contribution is -2.41. The topological polar surface area (TPSA) is 49.7 Å². The molecule has 4 atom stereocenters. The molecule has 30 heavy (non-hydrogen) atoms. The van der Waals surface area contributed by atoms with Gasteiger partial charge in [-0.25, -0.2) is 4.39 Å². The van der Waals surface area contributed by atoms with Crippen molar-refractivity contribution in [1.29, 1.82) is 0 Å². The highest BCUT2D eigenvalue weighted by Gasteiger charge is 2.35. The monoisotopic (exact) mass is 426 g/mol. The molecule has 1 saturated heterocycles. The number of thiophene rings is 1. The SMILES string of the molecule is Cc1ccc(C2OC(CO)C(O)CC2C)cc1Cc1ccc(-c2ccc(F)cc2)s1. The quantitative estimate of drug-likeness (QED) is 0.584. The lowest BCUT2D eigenvalue weighted by molar-refractivity contribution is -0.157. The van der Waals surface area contributed by atoms with E-state index in [9.17, 15) is 14.6 Å². The summed E-state index contributed by atoms with van der Waals surface area (Å²) in [4.78, 5) is 2.37. The summed E-state index contributed by atoms with van der Waals surface area (Å²) >= 11 is 1.72. The zero-order valence-corrected chi connectivity index (χ0v) is 18.0. The van der Waals surface area contributed by atoms with Crippen molar-refractivity contribution in [3.05, 3.63) is 82.0 Å². The van der Waals surface area contributed by atoms with E-state index in [0.29, 0.717) is 6.42 Å². The first-order valence-electron chi connectivity index (χ1n) is 10.3. The third-order valence-corrected chi connectivity index (χ3v) is 7.05. The van der Waals surface area contributed by atoms with Crippen molar-refractivity contribution in [3.8, 4) is 10.4 Å². The van der Waals surface area contributed by atoms with E-state index in [2.05, 4.69) is 44.2 Å². The van der Waals surface area contributed by atoms with Crippen molar-refractivity contribution in [1.82, 2.24) is 0 Å².